The molecule has 1 aliphatic heterocycles. The molecule has 0 spiro atoms. The van der Waals surface area contributed by atoms with Gasteiger partial charge in [-0.2, -0.15) is 0 Å². The smallest absolute Gasteiger partial charge is 0.226 e. The van der Waals surface area contributed by atoms with Crippen LogP contribution in [-0.4, -0.2) is 15.5 Å². The third kappa shape index (κ3) is 2.46. The van der Waals surface area contributed by atoms with Gasteiger partial charge in [0.2, 0.25) is 5.91 Å². The van der Waals surface area contributed by atoms with Crippen LogP contribution in [-0.2, 0) is 4.79 Å². The number of nitrogens with zero attached hydrogens (tertiary/aromatic N) is 2. The number of aromatic nitrogens is 2. The second kappa shape index (κ2) is 5.56. The van der Waals surface area contributed by atoms with Crippen molar-refractivity contribution in [3.8, 4) is 5.69 Å². The third-order valence-corrected chi connectivity index (χ3v) is 4.10. The summed E-state index contributed by atoms with van der Waals surface area (Å²) in [6.45, 7) is 0. The molecule has 120 valence electrons. The Bertz CT molecular complexity index is 901. The van der Waals surface area contributed by atoms with Gasteiger partial charge in [-0.05, 0) is 17.7 Å². The van der Waals surface area contributed by atoms with Crippen molar-refractivity contribution >= 4 is 11.7 Å². The van der Waals surface area contributed by atoms with Crippen LogP contribution >= 0.6 is 0 Å². The standard InChI is InChI=1S/C18H13F2N3O/c19-12-6-13(20)8-14(7-12)23-10-21-17-15(9-16(24)22-18(17)23)11-4-2-1-3-5-11/h1-8,10,15H,9H2,(H,22,24)/t15-/m1/s1. The Kier molecular flexibility index (Phi) is 3.37. The molecule has 2 heterocycles. The second-order valence-corrected chi connectivity index (χ2v) is 5.69. The molecule has 1 aromatic heterocycles. The van der Waals surface area contributed by atoms with E-state index in [2.05, 4.69) is 10.3 Å². The highest BCUT2D eigenvalue weighted by Gasteiger charge is 2.30. The number of hydrogen-bond acceptors (Lipinski definition) is 2. The number of halogens is 2. The molecule has 0 unspecified atom stereocenters. The summed E-state index contributed by atoms with van der Waals surface area (Å²) >= 11 is 0. The number of fused-ring (bicyclic) bond motifs is 1. The van der Waals surface area contributed by atoms with E-state index in [0.29, 0.717) is 11.5 Å². The zero-order chi connectivity index (χ0) is 16.7. The van der Waals surface area contributed by atoms with Gasteiger partial charge >= 0.3 is 0 Å². The van der Waals surface area contributed by atoms with Crippen molar-refractivity contribution in [2.45, 2.75) is 12.3 Å². The van der Waals surface area contributed by atoms with Crippen LogP contribution in [0.2, 0.25) is 0 Å². The van der Waals surface area contributed by atoms with Crippen molar-refractivity contribution in [3.05, 3.63) is 77.8 Å². The highest BCUT2D eigenvalue weighted by atomic mass is 19.1. The lowest BCUT2D eigenvalue weighted by molar-refractivity contribution is -0.116. The fourth-order valence-corrected chi connectivity index (χ4v) is 3.04. The van der Waals surface area contributed by atoms with Gasteiger partial charge in [-0.1, -0.05) is 30.3 Å². The molecule has 1 amide bonds. The van der Waals surface area contributed by atoms with Gasteiger partial charge in [-0.25, -0.2) is 13.8 Å². The maximum atomic E-state index is 13.5. The number of imidazole rings is 1. The summed E-state index contributed by atoms with van der Waals surface area (Å²) in [5.41, 5.74) is 1.94. The quantitative estimate of drug-likeness (QED) is 0.782. The largest absolute Gasteiger partial charge is 0.310 e. The molecule has 6 heteroatoms. The van der Waals surface area contributed by atoms with Gasteiger partial charge in [0.15, 0.2) is 0 Å². The summed E-state index contributed by atoms with van der Waals surface area (Å²) in [6, 6.07) is 12.8. The SMILES string of the molecule is O=C1C[C@H](c2ccccc2)c2ncn(-c3cc(F)cc(F)c3)c2N1. The number of benzene rings is 2. The second-order valence-electron chi connectivity index (χ2n) is 5.69. The van der Waals surface area contributed by atoms with E-state index in [1.807, 2.05) is 30.3 Å². The molecule has 0 bridgehead atoms. The number of carbonyl (C=O) groups excluding carboxylic acids is 1. The highest BCUT2D eigenvalue weighted by molar-refractivity contribution is 5.94. The van der Waals surface area contributed by atoms with Crippen LogP contribution in [0.5, 0.6) is 0 Å². The van der Waals surface area contributed by atoms with E-state index in [9.17, 15) is 13.6 Å². The number of rotatable bonds is 2. The molecule has 24 heavy (non-hydrogen) atoms. The lowest BCUT2D eigenvalue weighted by Gasteiger charge is -2.23. The van der Waals surface area contributed by atoms with E-state index in [-0.39, 0.29) is 23.9 Å². The van der Waals surface area contributed by atoms with E-state index < -0.39 is 11.6 Å². The van der Waals surface area contributed by atoms with Crippen molar-refractivity contribution < 1.29 is 13.6 Å². The van der Waals surface area contributed by atoms with Gasteiger partial charge in [0.25, 0.3) is 0 Å². The molecular weight excluding hydrogens is 312 g/mol. The molecule has 1 atom stereocenters. The molecule has 4 rings (SSSR count). The molecule has 0 radical (unpaired) electrons. The average molecular weight is 325 g/mol. The number of amides is 1. The van der Waals surface area contributed by atoms with Crippen molar-refractivity contribution in [3.63, 3.8) is 0 Å². The van der Waals surface area contributed by atoms with Gasteiger partial charge < -0.3 is 5.32 Å². The minimum absolute atomic E-state index is 0.157. The minimum atomic E-state index is -0.686. The average Bonchev–Trinajstić information content (AvgIpc) is 2.97. The number of anilines is 1. The Hall–Kier alpha value is -3.02. The first-order valence-electron chi connectivity index (χ1n) is 7.50. The Morgan fingerprint density at radius 3 is 2.50 bits per heavy atom. The van der Waals surface area contributed by atoms with E-state index in [1.54, 1.807) is 0 Å². The summed E-state index contributed by atoms with van der Waals surface area (Å²) in [5, 5.41) is 2.76. The van der Waals surface area contributed by atoms with E-state index >= 15 is 0 Å². The maximum Gasteiger partial charge on any atom is 0.226 e. The number of nitrogens with one attached hydrogen (secondary N) is 1. The van der Waals surface area contributed by atoms with Gasteiger partial charge in [-0.3, -0.25) is 9.36 Å². The van der Waals surface area contributed by atoms with E-state index in [1.165, 1.54) is 23.0 Å². The molecule has 3 aromatic rings. The van der Waals surface area contributed by atoms with Crippen LogP contribution in [0.3, 0.4) is 0 Å². The molecule has 0 saturated heterocycles. The van der Waals surface area contributed by atoms with Crippen molar-refractivity contribution in [2.75, 3.05) is 5.32 Å². The van der Waals surface area contributed by atoms with Gasteiger partial charge in [0.05, 0.1) is 11.4 Å². The highest BCUT2D eigenvalue weighted by Crippen LogP contribution is 2.37. The first-order valence-corrected chi connectivity index (χ1v) is 7.50. The Balaban J connectivity index is 1.84. The molecule has 4 nitrogen and oxygen atoms in total. The fourth-order valence-electron chi connectivity index (χ4n) is 3.04. The lowest BCUT2D eigenvalue weighted by Crippen LogP contribution is -2.24. The Morgan fingerprint density at radius 1 is 1.08 bits per heavy atom. The monoisotopic (exact) mass is 325 g/mol. The van der Waals surface area contributed by atoms with Crippen LogP contribution in [0, 0.1) is 11.6 Å². The zero-order valence-corrected chi connectivity index (χ0v) is 12.5. The molecular formula is C18H13F2N3O. The lowest BCUT2D eigenvalue weighted by atomic mass is 9.90. The van der Waals surface area contributed by atoms with Crippen LogP contribution in [0.4, 0.5) is 14.6 Å². The van der Waals surface area contributed by atoms with Gasteiger partial charge in [-0.15, -0.1) is 0 Å². The van der Waals surface area contributed by atoms with Crippen molar-refractivity contribution in [1.82, 2.24) is 9.55 Å². The fraction of sp³-hybridized carbons (Fsp3) is 0.111. The summed E-state index contributed by atoms with van der Waals surface area (Å²) < 4.78 is 28.5. The van der Waals surface area contributed by atoms with Crippen molar-refractivity contribution in [2.24, 2.45) is 0 Å². The van der Waals surface area contributed by atoms with Crippen LogP contribution in [0.15, 0.2) is 54.9 Å². The van der Waals surface area contributed by atoms with E-state index in [0.717, 1.165) is 11.6 Å². The molecule has 0 aliphatic carbocycles. The van der Waals surface area contributed by atoms with E-state index in [4.69, 9.17) is 0 Å². The Labute approximate surface area is 136 Å². The molecule has 0 saturated carbocycles. The Morgan fingerprint density at radius 2 is 1.79 bits per heavy atom. The predicted octanol–water partition coefficient (Wildman–Crippen LogP) is 3.62. The van der Waals surface area contributed by atoms with Crippen LogP contribution in [0.1, 0.15) is 23.6 Å². The zero-order valence-electron chi connectivity index (χ0n) is 12.5. The van der Waals surface area contributed by atoms with Crippen molar-refractivity contribution in [1.29, 1.82) is 0 Å². The number of carbonyl (C=O) groups is 1. The summed E-state index contributed by atoms with van der Waals surface area (Å²) in [6.07, 6.45) is 1.76. The molecule has 0 fully saturated rings. The third-order valence-electron chi connectivity index (χ3n) is 4.10. The summed E-state index contributed by atoms with van der Waals surface area (Å²) in [4.78, 5) is 16.5. The molecule has 1 aliphatic rings. The first-order chi connectivity index (χ1) is 11.6. The number of hydrogen-bond donors (Lipinski definition) is 1. The van der Waals surface area contributed by atoms with Crippen LogP contribution < -0.4 is 5.32 Å². The maximum absolute atomic E-state index is 13.5. The minimum Gasteiger partial charge on any atom is -0.310 e. The summed E-state index contributed by atoms with van der Waals surface area (Å²) in [5.74, 6) is -1.27. The van der Waals surface area contributed by atoms with Gasteiger partial charge in [0.1, 0.15) is 23.8 Å². The molecule has 1 N–H and O–H groups in total. The first kappa shape index (κ1) is 14.6. The van der Waals surface area contributed by atoms with Gasteiger partial charge in [0, 0.05) is 18.4 Å². The van der Waals surface area contributed by atoms with Crippen LogP contribution in [0.25, 0.3) is 5.69 Å². The molecule has 2 aromatic carbocycles. The summed E-state index contributed by atoms with van der Waals surface area (Å²) in [7, 11) is 0. The predicted molar refractivity (Wildman–Crippen MR) is 85.0 cm³/mol. The normalized spacial score (nSPS) is 16.6. The topological polar surface area (TPSA) is 46.9 Å².